The molecule has 1 atom stereocenters. The summed E-state index contributed by atoms with van der Waals surface area (Å²) in [4.78, 5) is 0. The molecule has 0 aromatic heterocycles. The summed E-state index contributed by atoms with van der Waals surface area (Å²) in [6.45, 7) is 1.18. The van der Waals surface area contributed by atoms with Gasteiger partial charge in [-0.2, -0.15) is 26.3 Å². The second-order valence-electron chi connectivity index (χ2n) is 2.72. The highest BCUT2D eigenvalue weighted by atomic mass is 19.4. The van der Waals surface area contributed by atoms with Crippen molar-refractivity contribution in [1.82, 2.24) is 0 Å². The van der Waals surface area contributed by atoms with E-state index < -0.39 is 24.9 Å². The summed E-state index contributed by atoms with van der Waals surface area (Å²) < 4.78 is 75.0. The van der Waals surface area contributed by atoms with Crippen LogP contribution in [0.4, 0.5) is 26.3 Å². The first-order valence-corrected chi connectivity index (χ1v) is 3.92. The number of hydrogen-bond donors (Lipinski definition) is 0. The van der Waals surface area contributed by atoms with Gasteiger partial charge in [-0.3, -0.25) is 0 Å². The molecule has 0 aromatic carbocycles. The lowest BCUT2D eigenvalue weighted by Gasteiger charge is -2.21. The van der Waals surface area contributed by atoms with Gasteiger partial charge in [-0.25, -0.2) is 0 Å². The Morgan fingerprint density at radius 2 is 1.57 bits per heavy atom. The van der Waals surface area contributed by atoms with Gasteiger partial charge < -0.3 is 4.74 Å². The summed E-state index contributed by atoms with van der Waals surface area (Å²) >= 11 is 0. The van der Waals surface area contributed by atoms with Gasteiger partial charge in [0.05, 0.1) is 6.42 Å². The van der Waals surface area contributed by atoms with E-state index in [-0.39, 0.29) is 13.0 Å². The van der Waals surface area contributed by atoms with Crippen molar-refractivity contribution in [1.29, 1.82) is 0 Å². The van der Waals surface area contributed by atoms with Crippen molar-refractivity contribution in [2.24, 2.45) is 0 Å². The normalized spacial score (nSPS) is 15.6. The van der Waals surface area contributed by atoms with E-state index in [4.69, 9.17) is 0 Å². The van der Waals surface area contributed by atoms with Crippen LogP contribution in [0.5, 0.6) is 0 Å². The zero-order valence-electron chi connectivity index (χ0n) is 7.37. The highest BCUT2D eigenvalue weighted by molar-refractivity contribution is 4.71. The van der Waals surface area contributed by atoms with Gasteiger partial charge >= 0.3 is 12.4 Å². The molecular formula is C7H10F6O. The molecule has 1 nitrogen and oxygen atoms in total. The third kappa shape index (κ3) is 6.06. The van der Waals surface area contributed by atoms with Crippen LogP contribution in [0.3, 0.4) is 0 Å². The number of ether oxygens (including phenoxy) is 1. The van der Waals surface area contributed by atoms with Gasteiger partial charge in [-0.05, 0) is 6.42 Å². The molecule has 0 aliphatic rings. The maximum atomic E-state index is 11.9. The van der Waals surface area contributed by atoms with Crippen LogP contribution in [-0.4, -0.2) is 25.1 Å². The highest BCUT2D eigenvalue weighted by Crippen LogP contribution is 2.32. The minimum absolute atomic E-state index is 0.241. The molecule has 0 heterocycles. The predicted molar refractivity (Wildman–Crippen MR) is 36.8 cm³/mol. The fraction of sp³-hybridized carbons (Fsp3) is 1.00. The van der Waals surface area contributed by atoms with Crippen LogP contribution in [0.25, 0.3) is 0 Å². The minimum atomic E-state index is -4.97. The Morgan fingerprint density at radius 3 is 1.86 bits per heavy atom. The molecule has 0 spiro atoms. The Kier molecular flexibility index (Phi) is 4.70. The first-order chi connectivity index (χ1) is 6.17. The Bertz CT molecular complexity index is 161. The first-order valence-electron chi connectivity index (χ1n) is 3.92. The lowest BCUT2D eigenvalue weighted by molar-refractivity contribution is -0.255. The standard InChI is InChI=1S/C7H10F6O/c1-2-3-14-5(7(11,12)13)4-6(8,9)10/h5H,2-4H2,1H3. The molecule has 86 valence electrons. The molecule has 0 saturated heterocycles. The molecule has 0 amide bonds. The molecule has 0 aliphatic carbocycles. The van der Waals surface area contributed by atoms with Crippen molar-refractivity contribution in [2.45, 2.75) is 38.2 Å². The topological polar surface area (TPSA) is 9.23 Å². The van der Waals surface area contributed by atoms with Crippen molar-refractivity contribution < 1.29 is 31.1 Å². The van der Waals surface area contributed by atoms with Crippen LogP contribution >= 0.6 is 0 Å². The summed E-state index contributed by atoms with van der Waals surface area (Å²) in [7, 11) is 0. The van der Waals surface area contributed by atoms with Crippen molar-refractivity contribution in [3.05, 3.63) is 0 Å². The fourth-order valence-corrected chi connectivity index (χ4v) is 0.739. The van der Waals surface area contributed by atoms with Crippen LogP contribution in [0.1, 0.15) is 19.8 Å². The van der Waals surface area contributed by atoms with Crippen molar-refractivity contribution in [3.63, 3.8) is 0 Å². The Morgan fingerprint density at radius 1 is 1.07 bits per heavy atom. The monoisotopic (exact) mass is 224 g/mol. The molecule has 0 N–H and O–H groups in total. The van der Waals surface area contributed by atoms with Crippen LogP contribution in [-0.2, 0) is 4.74 Å². The molecule has 0 aromatic rings. The van der Waals surface area contributed by atoms with E-state index in [1.165, 1.54) is 6.92 Å². The van der Waals surface area contributed by atoms with Crippen LogP contribution in [0, 0.1) is 0 Å². The molecular weight excluding hydrogens is 214 g/mol. The summed E-state index contributed by atoms with van der Waals surface area (Å²) in [6, 6.07) is 0. The first kappa shape index (κ1) is 13.5. The molecule has 0 rings (SSSR count). The number of rotatable bonds is 4. The van der Waals surface area contributed by atoms with Gasteiger partial charge in [0.1, 0.15) is 0 Å². The van der Waals surface area contributed by atoms with Gasteiger partial charge in [0.2, 0.25) is 0 Å². The van der Waals surface area contributed by atoms with E-state index in [1.807, 2.05) is 0 Å². The minimum Gasteiger partial charge on any atom is -0.368 e. The molecule has 0 saturated carbocycles. The van der Waals surface area contributed by atoms with Crippen molar-refractivity contribution in [2.75, 3.05) is 6.61 Å². The fourth-order valence-electron chi connectivity index (χ4n) is 0.739. The predicted octanol–water partition coefficient (Wildman–Crippen LogP) is 3.30. The quantitative estimate of drug-likeness (QED) is 0.666. The van der Waals surface area contributed by atoms with Gasteiger partial charge in [-0.1, -0.05) is 6.92 Å². The van der Waals surface area contributed by atoms with Gasteiger partial charge in [-0.15, -0.1) is 0 Å². The van der Waals surface area contributed by atoms with Gasteiger partial charge in [0.15, 0.2) is 6.10 Å². The van der Waals surface area contributed by atoms with Crippen LogP contribution < -0.4 is 0 Å². The van der Waals surface area contributed by atoms with E-state index in [2.05, 4.69) is 4.74 Å². The molecule has 0 bridgehead atoms. The van der Waals surface area contributed by atoms with Gasteiger partial charge in [0.25, 0.3) is 0 Å². The summed E-state index contributed by atoms with van der Waals surface area (Å²) in [5.74, 6) is 0. The van der Waals surface area contributed by atoms with E-state index >= 15 is 0 Å². The number of alkyl halides is 6. The molecule has 7 heteroatoms. The Balaban J connectivity index is 4.26. The highest BCUT2D eigenvalue weighted by Gasteiger charge is 2.47. The van der Waals surface area contributed by atoms with E-state index in [0.717, 1.165) is 0 Å². The van der Waals surface area contributed by atoms with Crippen LogP contribution in [0.15, 0.2) is 0 Å². The third-order valence-corrected chi connectivity index (χ3v) is 1.31. The molecule has 0 fully saturated rings. The second-order valence-corrected chi connectivity index (χ2v) is 2.72. The van der Waals surface area contributed by atoms with E-state index in [0.29, 0.717) is 0 Å². The zero-order valence-corrected chi connectivity index (χ0v) is 7.37. The average Bonchev–Trinajstić information content (AvgIpc) is 1.93. The smallest absolute Gasteiger partial charge is 0.368 e. The SMILES string of the molecule is CCCOC(CC(F)(F)F)C(F)(F)F. The van der Waals surface area contributed by atoms with Gasteiger partial charge in [0, 0.05) is 6.61 Å². The Labute approximate surface area is 77.0 Å². The lowest BCUT2D eigenvalue weighted by atomic mass is 10.2. The number of halogens is 6. The summed E-state index contributed by atoms with van der Waals surface area (Å²) in [5.41, 5.74) is 0. The zero-order chi connectivity index (χ0) is 11.4. The maximum Gasteiger partial charge on any atom is 0.414 e. The number of hydrogen-bond acceptors (Lipinski definition) is 1. The van der Waals surface area contributed by atoms with Crippen molar-refractivity contribution in [3.8, 4) is 0 Å². The summed E-state index contributed by atoms with van der Waals surface area (Å²) in [5, 5.41) is 0. The van der Waals surface area contributed by atoms with Crippen LogP contribution in [0.2, 0.25) is 0 Å². The van der Waals surface area contributed by atoms with Crippen molar-refractivity contribution >= 4 is 0 Å². The molecule has 14 heavy (non-hydrogen) atoms. The molecule has 0 aliphatic heterocycles. The Hall–Kier alpha value is -0.460. The van der Waals surface area contributed by atoms with E-state index in [1.54, 1.807) is 0 Å². The largest absolute Gasteiger partial charge is 0.414 e. The molecule has 0 radical (unpaired) electrons. The average molecular weight is 224 g/mol. The van der Waals surface area contributed by atoms with E-state index in [9.17, 15) is 26.3 Å². The third-order valence-electron chi connectivity index (χ3n) is 1.31. The molecule has 1 unspecified atom stereocenters. The summed E-state index contributed by atoms with van der Waals surface area (Å²) in [6.07, 6.45) is -14.3. The maximum absolute atomic E-state index is 11.9. The lowest BCUT2D eigenvalue weighted by Crippen LogP contribution is -2.36. The second kappa shape index (κ2) is 4.86.